The van der Waals surface area contributed by atoms with E-state index in [1.807, 2.05) is 0 Å². The third-order valence-corrected chi connectivity index (χ3v) is 4.09. The number of hydrogen-bond acceptors (Lipinski definition) is 3. The van der Waals surface area contributed by atoms with Crippen LogP contribution in [0.5, 0.6) is 0 Å². The number of piperazine rings is 1. The first-order chi connectivity index (χ1) is 8.56. The van der Waals surface area contributed by atoms with Crippen LogP contribution in [0.3, 0.4) is 0 Å². The van der Waals surface area contributed by atoms with Gasteiger partial charge in [-0.15, -0.1) is 0 Å². The minimum atomic E-state index is -0.283. The van der Waals surface area contributed by atoms with Crippen molar-refractivity contribution in [2.24, 2.45) is 11.8 Å². The van der Waals surface area contributed by atoms with E-state index in [9.17, 15) is 9.59 Å². The molecule has 0 spiro atoms. The molecule has 2 amide bonds. The fourth-order valence-electron chi connectivity index (χ4n) is 2.91. The van der Waals surface area contributed by atoms with Crippen LogP contribution < -0.4 is 16.0 Å². The van der Waals surface area contributed by atoms with Crippen LogP contribution in [-0.2, 0) is 9.59 Å². The molecule has 1 aliphatic heterocycles. The molecule has 4 atom stereocenters. The Morgan fingerprint density at radius 2 is 2.11 bits per heavy atom. The van der Waals surface area contributed by atoms with Gasteiger partial charge in [0.1, 0.15) is 6.04 Å². The normalized spacial score (nSPS) is 36.9. The van der Waals surface area contributed by atoms with Gasteiger partial charge in [-0.05, 0) is 31.1 Å². The van der Waals surface area contributed by atoms with E-state index in [-0.39, 0.29) is 30.4 Å². The van der Waals surface area contributed by atoms with Gasteiger partial charge in [0.25, 0.3) is 0 Å². The van der Waals surface area contributed by atoms with Gasteiger partial charge in [0.05, 0.1) is 6.54 Å². The quantitative estimate of drug-likeness (QED) is 0.649. The molecule has 5 nitrogen and oxygen atoms in total. The highest BCUT2D eigenvalue weighted by Crippen LogP contribution is 2.28. The van der Waals surface area contributed by atoms with E-state index in [4.69, 9.17) is 0 Å². The molecule has 1 saturated heterocycles. The highest BCUT2D eigenvalue weighted by atomic mass is 16.2. The molecule has 1 saturated carbocycles. The molecule has 18 heavy (non-hydrogen) atoms. The van der Waals surface area contributed by atoms with Crippen molar-refractivity contribution in [1.82, 2.24) is 16.0 Å². The lowest BCUT2D eigenvalue weighted by atomic mass is 9.80. The van der Waals surface area contributed by atoms with Gasteiger partial charge in [0.15, 0.2) is 0 Å². The summed E-state index contributed by atoms with van der Waals surface area (Å²) in [5.41, 5.74) is 0. The average molecular weight is 253 g/mol. The average Bonchev–Trinajstić information content (AvgIpc) is 2.33. The van der Waals surface area contributed by atoms with Gasteiger partial charge in [-0.2, -0.15) is 0 Å². The molecule has 0 aromatic heterocycles. The first-order valence-corrected chi connectivity index (χ1v) is 6.86. The topological polar surface area (TPSA) is 70.2 Å². The number of amides is 2. The van der Waals surface area contributed by atoms with Gasteiger partial charge in [-0.1, -0.05) is 13.8 Å². The second kappa shape index (κ2) is 5.69. The number of hydrogen-bond donors (Lipinski definition) is 3. The largest absolute Gasteiger partial charge is 0.353 e. The summed E-state index contributed by atoms with van der Waals surface area (Å²) >= 11 is 0. The lowest BCUT2D eigenvalue weighted by molar-refractivity contribution is -0.127. The smallest absolute Gasteiger partial charge is 0.239 e. The van der Waals surface area contributed by atoms with Gasteiger partial charge >= 0.3 is 0 Å². The zero-order valence-electron chi connectivity index (χ0n) is 11.2. The lowest BCUT2D eigenvalue weighted by Gasteiger charge is -2.34. The van der Waals surface area contributed by atoms with E-state index in [0.717, 1.165) is 12.3 Å². The Labute approximate surface area is 108 Å². The van der Waals surface area contributed by atoms with Crippen LogP contribution in [0.1, 0.15) is 33.1 Å². The van der Waals surface area contributed by atoms with E-state index in [0.29, 0.717) is 12.5 Å². The standard InChI is InChI=1S/C13H23N3O2/c1-8-3-4-10(9(2)5-8)16-13(18)11-6-15-12(17)7-14-11/h8-11,14H,3-7H2,1-2H3,(H,15,17)(H,16,18). The second-order valence-corrected chi connectivity index (χ2v) is 5.75. The molecule has 0 aromatic carbocycles. The third kappa shape index (κ3) is 3.22. The zero-order valence-corrected chi connectivity index (χ0v) is 11.2. The molecule has 1 heterocycles. The van der Waals surface area contributed by atoms with Crippen LogP contribution in [0.4, 0.5) is 0 Å². The van der Waals surface area contributed by atoms with E-state index < -0.39 is 0 Å². The SMILES string of the molecule is CC1CCC(NC(=O)C2CNC(=O)CN2)C(C)C1. The first kappa shape index (κ1) is 13.3. The van der Waals surface area contributed by atoms with Crippen molar-refractivity contribution in [2.45, 2.75) is 45.2 Å². The van der Waals surface area contributed by atoms with Crippen LogP contribution in [0.2, 0.25) is 0 Å². The molecule has 102 valence electrons. The predicted molar refractivity (Wildman–Crippen MR) is 68.9 cm³/mol. The Morgan fingerprint density at radius 3 is 2.72 bits per heavy atom. The first-order valence-electron chi connectivity index (χ1n) is 6.86. The minimum Gasteiger partial charge on any atom is -0.353 e. The summed E-state index contributed by atoms with van der Waals surface area (Å²) < 4.78 is 0. The van der Waals surface area contributed by atoms with Crippen LogP contribution >= 0.6 is 0 Å². The molecule has 0 aromatic rings. The van der Waals surface area contributed by atoms with Crippen molar-refractivity contribution in [1.29, 1.82) is 0 Å². The highest BCUT2D eigenvalue weighted by Gasteiger charge is 2.30. The van der Waals surface area contributed by atoms with Gasteiger partial charge in [-0.25, -0.2) is 0 Å². The minimum absolute atomic E-state index is 0.0152. The van der Waals surface area contributed by atoms with Crippen LogP contribution in [-0.4, -0.2) is 37.0 Å². The summed E-state index contributed by atoms with van der Waals surface area (Å²) in [7, 11) is 0. The second-order valence-electron chi connectivity index (χ2n) is 5.75. The predicted octanol–water partition coefficient (Wildman–Crippen LogP) is 0.0153. The lowest BCUT2D eigenvalue weighted by Crippen LogP contribution is -2.59. The van der Waals surface area contributed by atoms with Gasteiger partial charge in [-0.3, -0.25) is 14.9 Å². The molecule has 0 radical (unpaired) electrons. The molecule has 1 aliphatic carbocycles. The highest BCUT2D eigenvalue weighted by molar-refractivity contribution is 5.86. The number of carbonyl (C=O) groups excluding carboxylic acids is 2. The van der Waals surface area contributed by atoms with E-state index in [2.05, 4.69) is 29.8 Å². The van der Waals surface area contributed by atoms with Crippen molar-refractivity contribution in [3.63, 3.8) is 0 Å². The molecule has 2 aliphatic rings. The summed E-state index contributed by atoms with van der Waals surface area (Å²) in [4.78, 5) is 23.1. The van der Waals surface area contributed by atoms with Crippen LogP contribution in [0, 0.1) is 11.8 Å². The molecule has 5 heteroatoms. The van der Waals surface area contributed by atoms with E-state index >= 15 is 0 Å². The van der Waals surface area contributed by atoms with Gasteiger partial charge in [0, 0.05) is 12.6 Å². The summed E-state index contributed by atoms with van der Waals surface area (Å²) in [5, 5.41) is 8.78. The maximum Gasteiger partial charge on any atom is 0.239 e. The molecular weight excluding hydrogens is 230 g/mol. The number of rotatable bonds is 2. The molecule has 0 bridgehead atoms. The maximum absolute atomic E-state index is 12.1. The van der Waals surface area contributed by atoms with E-state index in [1.54, 1.807) is 0 Å². The Kier molecular flexibility index (Phi) is 4.22. The Balaban J connectivity index is 1.82. The number of nitrogens with one attached hydrogen (secondary N) is 3. The zero-order chi connectivity index (χ0) is 13.1. The van der Waals surface area contributed by atoms with Crippen molar-refractivity contribution >= 4 is 11.8 Å². The van der Waals surface area contributed by atoms with Crippen molar-refractivity contribution in [2.75, 3.05) is 13.1 Å². The van der Waals surface area contributed by atoms with Crippen molar-refractivity contribution in [3.05, 3.63) is 0 Å². The fourth-order valence-corrected chi connectivity index (χ4v) is 2.91. The molecule has 2 fully saturated rings. The fraction of sp³-hybridized carbons (Fsp3) is 0.846. The monoisotopic (exact) mass is 253 g/mol. The Morgan fingerprint density at radius 1 is 1.33 bits per heavy atom. The Hall–Kier alpha value is -1.10. The van der Waals surface area contributed by atoms with Crippen LogP contribution in [0.25, 0.3) is 0 Å². The summed E-state index contributed by atoms with van der Waals surface area (Å²) in [6.45, 7) is 5.10. The molecule has 4 unspecified atom stereocenters. The summed E-state index contributed by atoms with van der Waals surface area (Å²) in [6.07, 6.45) is 3.43. The van der Waals surface area contributed by atoms with Crippen LogP contribution in [0.15, 0.2) is 0 Å². The molecule has 2 rings (SSSR count). The summed E-state index contributed by atoms with van der Waals surface area (Å²) in [5.74, 6) is 1.27. The van der Waals surface area contributed by atoms with Crippen molar-refractivity contribution in [3.8, 4) is 0 Å². The molecule has 3 N–H and O–H groups in total. The third-order valence-electron chi connectivity index (χ3n) is 4.09. The molecular formula is C13H23N3O2. The maximum atomic E-state index is 12.1. The van der Waals surface area contributed by atoms with E-state index in [1.165, 1.54) is 12.8 Å². The van der Waals surface area contributed by atoms with Crippen molar-refractivity contribution < 1.29 is 9.59 Å². The Bertz CT molecular complexity index is 322. The number of carbonyl (C=O) groups is 2. The summed E-state index contributed by atoms with van der Waals surface area (Å²) in [6, 6.07) is 0.00220. The van der Waals surface area contributed by atoms with Gasteiger partial charge in [0.2, 0.25) is 11.8 Å². The van der Waals surface area contributed by atoms with Gasteiger partial charge < -0.3 is 10.6 Å².